The largest absolute Gasteiger partial charge is 0.375 e. The minimum atomic E-state index is 0.615. The zero-order valence-electron chi connectivity index (χ0n) is 7.25. The van der Waals surface area contributed by atoms with Crippen LogP contribution in [0.5, 0.6) is 0 Å². The van der Waals surface area contributed by atoms with Crippen LogP contribution in [0.3, 0.4) is 0 Å². The van der Waals surface area contributed by atoms with Gasteiger partial charge in [-0.05, 0) is 19.9 Å². The van der Waals surface area contributed by atoms with Gasteiger partial charge in [-0.15, -0.1) is 11.3 Å². The normalized spacial score (nSPS) is 10.5. The molecule has 0 spiro atoms. The van der Waals surface area contributed by atoms with E-state index in [9.17, 15) is 0 Å². The summed E-state index contributed by atoms with van der Waals surface area (Å²) in [5.41, 5.74) is 6.34. The molecule has 0 fully saturated rings. The van der Waals surface area contributed by atoms with Crippen LogP contribution in [0.4, 0.5) is 0 Å². The Kier molecular flexibility index (Phi) is 4.21. The first kappa shape index (κ1) is 9.64. The summed E-state index contributed by atoms with van der Waals surface area (Å²) >= 11 is 1.65. The maximum absolute atomic E-state index is 5.34. The Balaban J connectivity index is 2.15. The third-order valence-corrected chi connectivity index (χ3v) is 2.23. The number of aryl methyl sites for hydroxylation is 1. The summed E-state index contributed by atoms with van der Waals surface area (Å²) in [6.45, 7) is 4.03. The molecule has 1 aromatic rings. The molecule has 2 N–H and O–H groups in total. The highest BCUT2D eigenvalue weighted by Crippen LogP contribution is 2.08. The maximum atomic E-state index is 5.34. The van der Waals surface area contributed by atoms with E-state index >= 15 is 0 Å². The highest BCUT2D eigenvalue weighted by molar-refractivity contribution is 7.09. The number of rotatable bonds is 5. The molecule has 4 heteroatoms. The number of ether oxygens (including phenoxy) is 1. The molecule has 0 unspecified atom stereocenters. The van der Waals surface area contributed by atoms with Gasteiger partial charge in [0.2, 0.25) is 0 Å². The molecular formula is C8H14N2OS. The fraction of sp³-hybridized carbons (Fsp3) is 0.625. The van der Waals surface area contributed by atoms with Crippen LogP contribution in [0.25, 0.3) is 0 Å². The molecule has 0 aliphatic carbocycles. The summed E-state index contributed by atoms with van der Waals surface area (Å²) in [6, 6.07) is 0. The molecule has 0 aliphatic rings. The van der Waals surface area contributed by atoms with Gasteiger partial charge in [-0.3, -0.25) is 0 Å². The fourth-order valence-electron chi connectivity index (χ4n) is 0.837. The molecule has 0 aromatic carbocycles. The van der Waals surface area contributed by atoms with Gasteiger partial charge in [0, 0.05) is 12.0 Å². The summed E-state index contributed by atoms with van der Waals surface area (Å²) in [5.74, 6) is 0. The molecular weight excluding hydrogens is 172 g/mol. The average molecular weight is 186 g/mol. The van der Waals surface area contributed by atoms with Gasteiger partial charge in [0.15, 0.2) is 0 Å². The van der Waals surface area contributed by atoms with Gasteiger partial charge in [-0.25, -0.2) is 4.98 Å². The van der Waals surface area contributed by atoms with Crippen molar-refractivity contribution in [1.82, 2.24) is 4.98 Å². The third-order valence-electron chi connectivity index (χ3n) is 1.41. The van der Waals surface area contributed by atoms with Crippen LogP contribution in [-0.2, 0) is 11.3 Å². The molecule has 1 rings (SSSR count). The van der Waals surface area contributed by atoms with Crippen molar-refractivity contribution in [2.24, 2.45) is 5.73 Å². The molecule has 0 radical (unpaired) electrons. The third kappa shape index (κ3) is 3.30. The van der Waals surface area contributed by atoms with Crippen LogP contribution in [0.1, 0.15) is 17.1 Å². The summed E-state index contributed by atoms with van der Waals surface area (Å²) < 4.78 is 5.34. The number of nitrogens with zero attached hydrogens (tertiary/aromatic N) is 1. The van der Waals surface area contributed by atoms with Crippen LogP contribution < -0.4 is 5.73 Å². The Morgan fingerprint density at radius 1 is 1.67 bits per heavy atom. The molecule has 0 atom stereocenters. The van der Waals surface area contributed by atoms with E-state index in [1.807, 2.05) is 12.3 Å². The molecule has 1 aromatic heterocycles. The van der Waals surface area contributed by atoms with E-state index in [0.29, 0.717) is 13.2 Å². The summed E-state index contributed by atoms with van der Waals surface area (Å²) in [7, 11) is 0. The minimum absolute atomic E-state index is 0.615. The van der Waals surface area contributed by atoms with Crippen molar-refractivity contribution < 1.29 is 4.74 Å². The number of nitrogens with two attached hydrogens (primary N) is 1. The van der Waals surface area contributed by atoms with Crippen molar-refractivity contribution in [1.29, 1.82) is 0 Å². The Morgan fingerprint density at radius 3 is 3.08 bits per heavy atom. The van der Waals surface area contributed by atoms with E-state index in [1.54, 1.807) is 11.3 Å². The predicted molar refractivity (Wildman–Crippen MR) is 50.2 cm³/mol. The monoisotopic (exact) mass is 186 g/mol. The lowest BCUT2D eigenvalue weighted by atomic mass is 10.4. The summed E-state index contributed by atoms with van der Waals surface area (Å²) in [6.07, 6.45) is 0.920. The van der Waals surface area contributed by atoms with Crippen LogP contribution >= 0.6 is 11.3 Å². The van der Waals surface area contributed by atoms with Crippen LogP contribution in [0, 0.1) is 6.92 Å². The van der Waals surface area contributed by atoms with E-state index in [4.69, 9.17) is 10.5 Å². The van der Waals surface area contributed by atoms with Crippen molar-refractivity contribution in [2.75, 3.05) is 13.2 Å². The second-order valence-electron chi connectivity index (χ2n) is 2.55. The molecule has 0 amide bonds. The Morgan fingerprint density at radius 2 is 2.50 bits per heavy atom. The lowest BCUT2D eigenvalue weighted by Crippen LogP contribution is -2.04. The standard InChI is InChI=1S/C8H14N2OS/c1-7-10-8(6-12-7)5-11-4-2-3-9/h6H,2-5,9H2,1H3. The highest BCUT2D eigenvalue weighted by atomic mass is 32.1. The van der Waals surface area contributed by atoms with Gasteiger partial charge in [0.25, 0.3) is 0 Å². The van der Waals surface area contributed by atoms with Crippen molar-refractivity contribution in [2.45, 2.75) is 20.0 Å². The highest BCUT2D eigenvalue weighted by Gasteiger charge is 1.96. The van der Waals surface area contributed by atoms with Gasteiger partial charge in [-0.1, -0.05) is 0 Å². The second kappa shape index (κ2) is 5.24. The number of hydrogen-bond acceptors (Lipinski definition) is 4. The first-order chi connectivity index (χ1) is 5.83. The summed E-state index contributed by atoms with van der Waals surface area (Å²) in [5, 5.41) is 3.12. The first-order valence-electron chi connectivity index (χ1n) is 4.01. The lowest BCUT2D eigenvalue weighted by molar-refractivity contribution is 0.117. The topological polar surface area (TPSA) is 48.1 Å². The molecule has 0 saturated carbocycles. The van der Waals surface area contributed by atoms with Gasteiger partial charge >= 0.3 is 0 Å². The second-order valence-corrected chi connectivity index (χ2v) is 3.61. The first-order valence-corrected chi connectivity index (χ1v) is 4.89. The van der Waals surface area contributed by atoms with E-state index in [2.05, 4.69) is 4.98 Å². The maximum Gasteiger partial charge on any atom is 0.0898 e. The minimum Gasteiger partial charge on any atom is -0.375 e. The van der Waals surface area contributed by atoms with Gasteiger partial charge in [0.05, 0.1) is 17.3 Å². The van der Waals surface area contributed by atoms with E-state index in [1.165, 1.54) is 0 Å². The molecule has 12 heavy (non-hydrogen) atoms. The van der Waals surface area contributed by atoms with Gasteiger partial charge in [-0.2, -0.15) is 0 Å². The average Bonchev–Trinajstić information content (AvgIpc) is 2.45. The molecule has 68 valence electrons. The van der Waals surface area contributed by atoms with Gasteiger partial charge < -0.3 is 10.5 Å². The van der Waals surface area contributed by atoms with Crippen LogP contribution in [0.15, 0.2) is 5.38 Å². The van der Waals surface area contributed by atoms with Crippen molar-refractivity contribution in [3.63, 3.8) is 0 Å². The van der Waals surface area contributed by atoms with Crippen LogP contribution in [-0.4, -0.2) is 18.1 Å². The van der Waals surface area contributed by atoms with E-state index < -0.39 is 0 Å². The number of hydrogen-bond donors (Lipinski definition) is 1. The number of thiazole rings is 1. The zero-order chi connectivity index (χ0) is 8.81. The number of aromatic nitrogens is 1. The van der Waals surface area contributed by atoms with Crippen molar-refractivity contribution in [3.8, 4) is 0 Å². The lowest BCUT2D eigenvalue weighted by Gasteiger charge is -1.98. The zero-order valence-corrected chi connectivity index (χ0v) is 8.06. The molecule has 1 heterocycles. The molecule has 0 aliphatic heterocycles. The van der Waals surface area contributed by atoms with E-state index in [0.717, 1.165) is 23.7 Å². The Hall–Kier alpha value is -0.450. The molecule has 3 nitrogen and oxygen atoms in total. The smallest absolute Gasteiger partial charge is 0.0898 e. The predicted octanol–water partition coefficient (Wildman–Crippen LogP) is 1.32. The van der Waals surface area contributed by atoms with Crippen LogP contribution in [0.2, 0.25) is 0 Å². The molecule has 0 bridgehead atoms. The molecule has 0 saturated heterocycles. The van der Waals surface area contributed by atoms with Crippen molar-refractivity contribution >= 4 is 11.3 Å². The Bertz CT molecular complexity index is 225. The van der Waals surface area contributed by atoms with E-state index in [-0.39, 0.29) is 0 Å². The summed E-state index contributed by atoms with van der Waals surface area (Å²) in [4.78, 5) is 4.27. The Labute approximate surface area is 76.6 Å². The van der Waals surface area contributed by atoms with Crippen molar-refractivity contribution in [3.05, 3.63) is 16.1 Å². The van der Waals surface area contributed by atoms with Gasteiger partial charge in [0.1, 0.15) is 0 Å². The SMILES string of the molecule is Cc1nc(COCCCN)cs1. The fourth-order valence-corrected chi connectivity index (χ4v) is 1.43. The quantitative estimate of drug-likeness (QED) is 0.705.